The highest BCUT2D eigenvalue weighted by Crippen LogP contribution is 2.25. The summed E-state index contributed by atoms with van der Waals surface area (Å²) in [7, 11) is 3.07. The SMILES string of the molecule is COCCOCCOCCOC1=CC([N+](=O)[O-])=C([N+](=O)[O-])CC=C1OCCOC. The van der Waals surface area contributed by atoms with E-state index in [9.17, 15) is 20.2 Å². The zero-order valence-corrected chi connectivity index (χ0v) is 16.5. The van der Waals surface area contributed by atoms with E-state index in [4.69, 9.17) is 28.4 Å². The average molecular weight is 418 g/mol. The van der Waals surface area contributed by atoms with Crippen molar-refractivity contribution in [3.63, 3.8) is 0 Å². The molecule has 0 aliphatic heterocycles. The number of methoxy groups -OCH3 is 2. The van der Waals surface area contributed by atoms with Gasteiger partial charge in [-0.15, -0.1) is 0 Å². The van der Waals surface area contributed by atoms with Crippen LogP contribution in [0.2, 0.25) is 0 Å². The molecule has 0 unspecified atom stereocenters. The maximum Gasteiger partial charge on any atom is 0.345 e. The molecule has 0 spiro atoms. The first-order valence-electron chi connectivity index (χ1n) is 8.84. The summed E-state index contributed by atoms with van der Waals surface area (Å²) in [4.78, 5) is 20.8. The Bertz CT molecular complexity index is 630. The number of hydrogen-bond donors (Lipinski definition) is 0. The molecule has 0 radical (unpaired) electrons. The molecule has 1 aliphatic carbocycles. The summed E-state index contributed by atoms with van der Waals surface area (Å²) in [6.45, 7) is 2.36. The van der Waals surface area contributed by atoms with Gasteiger partial charge in [-0.1, -0.05) is 0 Å². The van der Waals surface area contributed by atoms with E-state index in [2.05, 4.69) is 0 Å². The minimum absolute atomic E-state index is 0.0181. The van der Waals surface area contributed by atoms with Crippen LogP contribution >= 0.6 is 0 Å². The van der Waals surface area contributed by atoms with Crippen molar-refractivity contribution in [1.82, 2.24) is 0 Å². The Kier molecular flexibility index (Phi) is 12.2. The monoisotopic (exact) mass is 418 g/mol. The molecule has 0 saturated heterocycles. The summed E-state index contributed by atoms with van der Waals surface area (Å²) in [6.07, 6.45) is 2.10. The van der Waals surface area contributed by atoms with E-state index in [0.717, 1.165) is 6.08 Å². The van der Waals surface area contributed by atoms with Crippen molar-refractivity contribution < 1.29 is 38.3 Å². The predicted molar refractivity (Wildman–Crippen MR) is 99.1 cm³/mol. The second-order valence-electron chi connectivity index (χ2n) is 5.53. The smallest absolute Gasteiger partial charge is 0.345 e. The summed E-state index contributed by atoms with van der Waals surface area (Å²) in [5.74, 6) is 0.186. The van der Waals surface area contributed by atoms with E-state index in [-0.39, 0.29) is 44.4 Å². The molecule has 0 aromatic carbocycles. The van der Waals surface area contributed by atoms with Crippen molar-refractivity contribution in [1.29, 1.82) is 0 Å². The molecule has 12 nitrogen and oxygen atoms in total. The van der Waals surface area contributed by atoms with E-state index in [0.29, 0.717) is 26.4 Å². The fraction of sp³-hybridized carbons (Fsp3) is 0.647. The van der Waals surface area contributed by atoms with Gasteiger partial charge < -0.3 is 28.4 Å². The molecule has 0 aromatic rings. The number of hydrogen-bond acceptors (Lipinski definition) is 10. The standard InChI is InChI=1S/C17H26N2O10/c1-24-5-7-26-8-9-27-10-12-29-17-13-15(19(22)23)14(18(20)21)3-4-16(17)28-11-6-25-2/h4,13H,3,5-12H2,1-2H3. The Balaban J connectivity index is 2.69. The maximum atomic E-state index is 11.3. The molecule has 1 aliphatic rings. The van der Waals surface area contributed by atoms with Crippen LogP contribution in [0.5, 0.6) is 0 Å². The number of rotatable bonds is 16. The van der Waals surface area contributed by atoms with E-state index in [1.165, 1.54) is 13.2 Å². The van der Waals surface area contributed by atoms with E-state index < -0.39 is 21.2 Å². The van der Waals surface area contributed by atoms with Gasteiger partial charge >= 0.3 is 11.4 Å². The first-order valence-corrected chi connectivity index (χ1v) is 8.84. The molecule has 0 heterocycles. The Morgan fingerprint density at radius 2 is 1.31 bits per heavy atom. The lowest BCUT2D eigenvalue weighted by atomic mass is 10.2. The van der Waals surface area contributed by atoms with Crippen LogP contribution < -0.4 is 0 Å². The molecule has 0 saturated carbocycles. The van der Waals surface area contributed by atoms with Crippen LogP contribution in [0.15, 0.2) is 35.1 Å². The maximum absolute atomic E-state index is 11.3. The number of ether oxygens (including phenoxy) is 6. The summed E-state index contributed by atoms with van der Waals surface area (Å²) in [6, 6.07) is 0. The van der Waals surface area contributed by atoms with Gasteiger partial charge in [0.05, 0.1) is 62.0 Å². The third-order valence-corrected chi connectivity index (χ3v) is 3.54. The predicted octanol–water partition coefficient (Wildman–Crippen LogP) is 1.28. The molecule has 0 bridgehead atoms. The van der Waals surface area contributed by atoms with Gasteiger partial charge in [0, 0.05) is 14.2 Å². The van der Waals surface area contributed by atoms with Crippen molar-refractivity contribution in [2.24, 2.45) is 0 Å². The first-order chi connectivity index (χ1) is 14.0. The number of allylic oxidation sites excluding steroid dienone is 2. The first kappa shape index (κ1) is 24.5. The summed E-state index contributed by atoms with van der Waals surface area (Å²) < 4.78 is 31.4. The molecule has 29 heavy (non-hydrogen) atoms. The summed E-state index contributed by atoms with van der Waals surface area (Å²) >= 11 is 0. The third-order valence-electron chi connectivity index (χ3n) is 3.54. The molecule has 0 amide bonds. The quantitative estimate of drug-likeness (QED) is 0.204. The van der Waals surface area contributed by atoms with Crippen molar-refractivity contribution >= 4 is 0 Å². The largest absolute Gasteiger partial charge is 0.488 e. The molecule has 1 rings (SSSR count). The van der Waals surface area contributed by atoms with E-state index in [1.54, 1.807) is 7.11 Å². The molecule has 0 fully saturated rings. The van der Waals surface area contributed by atoms with Gasteiger partial charge in [-0.2, -0.15) is 0 Å². The van der Waals surface area contributed by atoms with Gasteiger partial charge in [-0.3, -0.25) is 20.2 Å². The van der Waals surface area contributed by atoms with Gasteiger partial charge in [0.1, 0.15) is 13.2 Å². The molecule has 12 heteroatoms. The van der Waals surface area contributed by atoms with Crippen LogP contribution in [-0.2, 0) is 28.4 Å². The minimum Gasteiger partial charge on any atom is -0.488 e. The number of nitro groups is 2. The fourth-order valence-electron chi connectivity index (χ4n) is 2.15. The Hall–Kier alpha value is -2.54. The third kappa shape index (κ3) is 9.47. The molecule has 0 aromatic heterocycles. The molecular formula is C17H26N2O10. The van der Waals surface area contributed by atoms with E-state index >= 15 is 0 Å². The van der Waals surface area contributed by atoms with Crippen molar-refractivity contribution in [3.8, 4) is 0 Å². The molecule has 0 atom stereocenters. The highest BCUT2D eigenvalue weighted by atomic mass is 16.6. The normalized spacial score (nSPS) is 14.1. The summed E-state index contributed by atoms with van der Waals surface area (Å²) in [5.41, 5.74) is -1.20. The van der Waals surface area contributed by atoms with Gasteiger partial charge in [-0.05, 0) is 6.08 Å². The Morgan fingerprint density at radius 3 is 1.90 bits per heavy atom. The minimum atomic E-state index is -0.818. The molecule has 0 N–H and O–H groups in total. The van der Waals surface area contributed by atoms with E-state index in [1.807, 2.05) is 0 Å². The Labute approximate surface area is 167 Å². The highest BCUT2D eigenvalue weighted by molar-refractivity contribution is 5.33. The average Bonchev–Trinajstić information content (AvgIpc) is 2.87. The lowest BCUT2D eigenvalue weighted by Gasteiger charge is -2.14. The lowest BCUT2D eigenvalue weighted by molar-refractivity contribution is -0.468. The number of nitrogens with zero attached hydrogens (tertiary/aromatic N) is 2. The second-order valence-corrected chi connectivity index (χ2v) is 5.53. The second kappa shape index (κ2) is 14.5. The van der Waals surface area contributed by atoms with Crippen molar-refractivity contribution in [2.75, 3.05) is 67.1 Å². The molecular weight excluding hydrogens is 392 g/mol. The van der Waals surface area contributed by atoms with Crippen molar-refractivity contribution in [3.05, 3.63) is 55.3 Å². The van der Waals surface area contributed by atoms with Crippen molar-refractivity contribution in [2.45, 2.75) is 6.42 Å². The van der Waals surface area contributed by atoms with Crippen LogP contribution in [0.25, 0.3) is 0 Å². The van der Waals surface area contributed by atoms with Gasteiger partial charge in [0.2, 0.25) is 0 Å². The Morgan fingerprint density at radius 1 is 0.793 bits per heavy atom. The highest BCUT2D eigenvalue weighted by Gasteiger charge is 2.31. The summed E-state index contributed by atoms with van der Waals surface area (Å²) in [5, 5.41) is 22.4. The molecule has 164 valence electrons. The van der Waals surface area contributed by atoms with Crippen LogP contribution in [0.4, 0.5) is 0 Å². The van der Waals surface area contributed by atoms with Crippen LogP contribution in [0.3, 0.4) is 0 Å². The zero-order chi connectivity index (χ0) is 21.5. The van der Waals surface area contributed by atoms with Crippen LogP contribution in [-0.4, -0.2) is 76.9 Å². The van der Waals surface area contributed by atoms with Gasteiger partial charge in [-0.25, -0.2) is 0 Å². The van der Waals surface area contributed by atoms with Gasteiger partial charge in [0.25, 0.3) is 0 Å². The lowest BCUT2D eigenvalue weighted by Crippen LogP contribution is -2.13. The zero-order valence-electron chi connectivity index (χ0n) is 16.5. The van der Waals surface area contributed by atoms with Crippen LogP contribution in [0, 0.1) is 20.2 Å². The van der Waals surface area contributed by atoms with Gasteiger partial charge in [0.15, 0.2) is 11.5 Å². The van der Waals surface area contributed by atoms with Crippen LogP contribution in [0.1, 0.15) is 6.42 Å². The fourth-order valence-corrected chi connectivity index (χ4v) is 2.15. The topological polar surface area (TPSA) is 142 Å².